The van der Waals surface area contributed by atoms with E-state index in [9.17, 15) is 28.8 Å². The van der Waals surface area contributed by atoms with Crippen LogP contribution in [-0.4, -0.2) is 208 Å². The van der Waals surface area contributed by atoms with E-state index in [0.717, 1.165) is 0 Å². The van der Waals surface area contributed by atoms with Crippen molar-refractivity contribution in [1.29, 1.82) is 0 Å². The summed E-state index contributed by atoms with van der Waals surface area (Å²) < 4.78 is 146. The van der Waals surface area contributed by atoms with Crippen molar-refractivity contribution in [2.45, 2.75) is 120 Å². The molecule has 6 heterocycles. The van der Waals surface area contributed by atoms with Crippen molar-refractivity contribution < 1.29 is 128 Å². The summed E-state index contributed by atoms with van der Waals surface area (Å²) in [5.41, 5.74) is 2.52. The van der Waals surface area contributed by atoms with Crippen molar-refractivity contribution >= 4 is 158 Å². The van der Waals surface area contributed by atoms with Crippen LogP contribution in [0.15, 0.2) is 126 Å². The molecule has 6 bridgehead atoms. The smallest absolute Gasteiger partial charge is 0.395 e. The molecule has 90 heavy (non-hydrogen) atoms. The minimum absolute atomic E-state index is 0.0170. The Kier molecular flexibility index (Phi) is 28.1. The average Bonchev–Trinajstić information content (AvgIpc) is 0.752. The lowest BCUT2D eigenvalue weighted by molar-refractivity contribution is 0.0407. The Morgan fingerprint density at radius 2 is 0.711 bits per heavy atom. The first-order valence-electron chi connectivity index (χ1n) is 28.0. The van der Waals surface area contributed by atoms with Gasteiger partial charge in [-0.3, -0.25) is 0 Å². The molecule has 6 rings (SSSR count). The van der Waals surface area contributed by atoms with Crippen LogP contribution in [0.2, 0.25) is 120 Å². The third kappa shape index (κ3) is 22.3. The van der Waals surface area contributed by atoms with E-state index in [2.05, 4.69) is 65.8 Å². The summed E-state index contributed by atoms with van der Waals surface area (Å²) in [4.78, 5) is 66.9. The maximum atomic E-state index is 11.7. The van der Waals surface area contributed by atoms with E-state index < -0.39 is 158 Å². The minimum Gasteiger partial charge on any atom is -0.395 e. The minimum atomic E-state index is -4.11. The van der Waals surface area contributed by atoms with Gasteiger partial charge in [-0.1, -0.05) is 55.2 Å². The van der Waals surface area contributed by atoms with Gasteiger partial charge < -0.3 is 128 Å². The highest BCUT2D eigenvalue weighted by Gasteiger charge is 2.73. The fourth-order valence-corrected chi connectivity index (χ4v) is 90.7. The topological polar surface area (TPSA) is 343 Å². The van der Waals surface area contributed by atoms with E-state index in [-0.39, 0.29) is 48.4 Å². The summed E-state index contributed by atoms with van der Waals surface area (Å²) in [7, 11) is -61.7. The largest absolute Gasteiger partial charge is 0.511 e. The zero-order valence-corrected chi connectivity index (χ0v) is 72.0. The maximum absolute atomic E-state index is 11.7. The Morgan fingerprint density at radius 3 is 1.14 bits per heavy atom. The molecule has 6 N–H and O–H groups in total. The fraction of sp³-hybridized carbons (Fsp3) is 0.524. The van der Waals surface area contributed by atoms with Gasteiger partial charge >= 0.3 is 158 Å². The lowest BCUT2D eigenvalue weighted by Gasteiger charge is -2.53. The van der Waals surface area contributed by atoms with Gasteiger partial charge in [0.05, 0.1) is 0 Å². The van der Waals surface area contributed by atoms with E-state index in [1.54, 1.807) is 89.3 Å². The molecule has 0 aromatic rings. The van der Waals surface area contributed by atoms with Crippen molar-refractivity contribution in [2.24, 2.45) is 0 Å². The second-order valence-electron chi connectivity index (χ2n) is 22.4. The molecular weight excluding hydrogens is 1490 g/mol. The normalized spacial score (nSPS) is 45.1. The molecule has 0 saturated carbocycles. The molecule has 0 aliphatic carbocycles. The van der Waals surface area contributed by atoms with Crippen LogP contribution in [0, 0.1) is 0 Å². The molecule has 514 valence electrons. The Hall–Kier alpha value is 0.104. The van der Waals surface area contributed by atoms with E-state index in [0.29, 0.717) is 0 Å². The van der Waals surface area contributed by atoms with E-state index in [4.69, 9.17) is 99.7 Å². The average molecular weight is 1580 g/mol. The molecule has 6 saturated heterocycles. The SMILES string of the molecule is C=CC[Si]1(C)O[Si](O)(CC=C)O[Si]2(CC=C)O[Si](CC=C)(OC)O[Si](O)(CC=C)O[Si](CC=C)(O1)O2.C=CC[Si]1(O)O[Si](C)(OC)O[Si]2(CC=C)O[Si](C)(O)O[Si](C)(C)O[Si](C)(O1)O2.C=C[Si]1(O)O[Si](C)(OC)O[Si]2(C=C)O[Si](C)(O)O[Si](C)(C)O[Si](C)(O1)O2. The first-order chi connectivity index (χ1) is 41.1. The highest BCUT2D eigenvalue weighted by molar-refractivity contribution is 6.99. The van der Waals surface area contributed by atoms with Crippen molar-refractivity contribution in [3.05, 3.63) is 126 Å². The van der Waals surface area contributed by atoms with Crippen LogP contribution in [-0.2, 0) is 99.7 Å². The second-order valence-corrected chi connectivity index (χ2v) is 75.4. The summed E-state index contributed by atoms with van der Waals surface area (Å²) in [6, 6.07) is 0.753. The molecule has 6 aliphatic rings. The number of hydrogen-bond donors (Lipinski definition) is 6. The number of fused-ring (bicyclic) bond motifs is 6. The van der Waals surface area contributed by atoms with E-state index >= 15 is 0 Å². The van der Waals surface area contributed by atoms with Gasteiger partial charge in [0.1, 0.15) is 0 Å². The lowest BCUT2D eigenvalue weighted by atomic mass is 10.8. The van der Waals surface area contributed by atoms with Crippen molar-refractivity contribution in [2.75, 3.05) is 21.3 Å². The van der Waals surface area contributed by atoms with Gasteiger partial charge in [-0.15, -0.1) is 59.2 Å². The number of allylic oxidation sites excluding steroid dienone is 8. The Labute approximate surface area is 549 Å². The number of hydrogen-bond acceptors (Lipinski definition) is 30. The van der Waals surface area contributed by atoms with Gasteiger partial charge in [0.15, 0.2) is 0 Å². The molecule has 6 fully saturated rings. The molecule has 48 heteroatoms. The first-order valence-corrected chi connectivity index (χ1v) is 66.9. The third-order valence-electron chi connectivity index (χ3n) is 12.3. The third-order valence-corrected chi connectivity index (χ3v) is 81.3. The van der Waals surface area contributed by atoms with Gasteiger partial charge in [0, 0.05) is 109 Å². The van der Waals surface area contributed by atoms with E-state index in [1.807, 2.05) is 0 Å². The zero-order chi connectivity index (χ0) is 68.7. The summed E-state index contributed by atoms with van der Waals surface area (Å²) in [6.07, 6.45) is 12.4. The van der Waals surface area contributed by atoms with Gasteiger partial charge in [0.2, 0.25) is 0 Å². The van der Waals surface area contributed by atoms with Crippen LogP contribution in [0.1, 0.15) is 0 Å². The molecule has 0 radical (unpaired) electrons. The fourth-order valence-electron chi connectivity index (χ4n) is 9.89. The Balaban J connectivity index is 0.000000293. The van der Waals surface area contributed by atoms with Crippen LogP contribution in [0.4, 0.5) is 0 Å². The van der Waals surface area contributed by atoms with Crippen LogP contribution in [0.3, 0.4) is 0 Å². The molecular formula is C42H94O30Si18. The van der Waals surface area contributed by atoms with Crippen LogP contribution < -0.4 is 0 Å². The Morgan fingerprint density at radius 1 is 0.300 bits per heavy atom. The predicted octanol–water partition coefficient (Wildman–Crippen LogP) is 5.56. The second kappa shape index (κ2) is 30.7. The molecule has 0 aromatic heterocycles. The molecule has 0 aromatic carbocycles. The molecule has 16 atom stereocenters. The van der Waals surface area contributed by atoms with Crippen molar-refractivity contribution in [1.82, 2.24) is 0 Å². The van der Waals surface area contributed by atoms with Gasteiger partial charge in [-0.2, -0.15) is 0 Å². The quantitative estimate of drug-likeness (QED) is 0.0605. The lowest BCUT2D eigenvalue weighted by Crippen LogP contribution is -2.77. The summed E-state index contributed by atoms with van der Waals surface area (Å²) >= 11 is 0. The molecule has 30 nitrogen and oxygen atoms in total. The monoisotopic (exact) mass is 1580 g/mol. The van der Waals surface area contributed by atoms with Gasteiger partial charge in [-0.25, -0.2) is 0 Å². The van der Waals surface area contributed by atoms with Gasteiger partial charge in [0.25, 0.3) is 0 Å². The van der Waals surface area contributed by atoms with E-state index in [1.165, 1.54) is 64.1 Å². The van der Waals surface area contributed by atoms with Crippen LogP contribution >= 0.6 is 0 Å². The standard InChI is InChI=1S/C20H38O10Si6.C12H30O10Si6.C10H26O10Si6/c1-9-15-31(8)24-32(21,16-10-2)27-36(20-14-6)29-34(23-7,18-12-4)26-33(22,17-11-3)28-35(25-31,30-36)19-13-5;1-9-11-27(14)19-25(7,15-3)21-28(12-10-2)18-24(6,13)16-23(4,5)17-26(8,20-27)22-28;1-9-25(12)17-23(7,13-3)19-26(10-2)16-22(6,11)14-21(4,5)15-24(8,18-25)20-26/h9-14,21-22H,1-6,15-20H2,7-8H3;9-10,13-14H,1-2,11-12H2,3-8H3;9-12H,1-2H2,3-8H3. The molecule has 16 unspecified atom stereocenters. The summed E-state index contributed by atoms with van der Waals surface area (Å²) in [5, 5.41) is 0. The van der Waals surface area contributed by atoms with Crippen molar-refractivity contribution in [3.8, 4) is 0 Å². The van der Waals surface area contributed by atoms with Crippen LogP contribution in [0.5, 0.6) is 0 Å². The van der Waals surface area contributed by atoms with Gasteiger partial charge in [-0.05, 0) is 44.1 Å². The Bertz CT molecular complexity index is 2620. The summed E-state index contributed by atoms with van der Waals surface area (Å²) in [6.45, 7) is 55.5. The van der Waals surface area contributed by atoms with Crippen molar-refractivity contribution in [3.63, 3.8) is 0 Å². The molecule has 0 amide bonds. The van der Waals surface area contributed by atoms with Crippen LogP contribution in [0.25, 0.3) is 0 Å². The molecule has 0 spiro atoms. The summed E-state index contributed by atoms with van der Waals surface area (Å²) in [5.74, 6) is 0. The molecule has 6 aliphatic heterocycles. The highest BCUT2D eigenvalue weighted by Crippen LogP contribution is 2.45. The maximum Gasteiger partial charge on any atom is 0.511 e. The highest BCUT2D eigenvalue weighted by atomic mass is 28.6. The number of rotatable bonds is 21. The predicted molar refractivity (Wildman–Crippen MR) is 366 cm³/mol. The zero-order valence-electron chi connectivity index (χ0n) is 54.0. The first kappa shape index (κ1) is 82.5.